The molecule has 2 atom stereocenters. The molecule has 0 fully saturated rings. The smallest absolute Gasteiger partial charge is 0.326 e. The molecule has 1 unspecified atom stereocenters. The van der Waals surface area contributed by atoms with Crippen LogP contribution in [0.25, 0.3) is 0 Å². The molecule has 6 heteroatoms. The first-order valence-corrected chi connectivity index (χ1v) is 6.70. The molecule has 0 bridgehead atoms. The van der Waals surface area contributed by atoms with Crippen LogP contribution in [0.3, 0.4) is 0 Å². The van der Waals surface area contributed by atoms with Gasteiger partial charge in [0.1, 0.15) is 12.1 Å². The molecule has 0 heterocycles. The minimum atomic E-state index is -1.08. The number of nitrogens with one attached hydrogen (secondary N) is 2. The van der Waals surface area contributed by atoms with Crippen LogP contribution in [0.1, 0.15) is 31.4 Å². The second kappa shape index (κ2) is 7.29. The van der Waals surface area contributed by atoms with Gasteiger partial charge in [-0.15, -0.1) is 0 Å². The number of urea groups is 1. The summed E-state index contributed by atoms with van der Waals surface area (Å²) in [6.45, 7) is 5.38. The largest absolute Gasteiger partial charge is 0.480 e. The third kappa shape index (κ3) is 4.21. The normalized spacial score (nSPS) is 12.9. The zero-order chi connectivity index (χ0) is 16.0. The van der Waals surface area contributed by atoms with E-state index in [0.29, 0.717) is 17.7 Å². The molecule has 3 N–H and O–H groups in total. The van der Waals surface area contributed by atoms with Gasteiger partial charge in [0.15, 0.2) is 0 Å². The summed E-state index contributed by atoms with van der Waals surface area (Å²) in [6, 6.07) is 5.50. The third-order valence-corrected chi connectivity index (χ3v) is 3.40. The minimum absolute atomic E-state index is 0.193. The zero-order valence-corrected chi connectivity index (χ0v) is 12.3. The number of aliphatic carboxylic acids is 1. The fraction of sp³-hybridized carbons (Fsp3) is 0.400. The van der Waals surface area contributed by atoms with E-state index in [0.717, 1.165) is 5.56 Å². The van der Waals surface area contributed by atoms with Gasteiger partial charge in [0.05, 0.1) is 11.3 Å². The topological polar surface area (TPSA) is 102 Å². The van der Waals surface area contributed by atoms with Crippen LogP contribution in [0.5, 0.6) is 0 Å². The van der Waals surface area contributed by atoms with Crippen LogP contribution < -0.4 is 10.6 Å². The van der Waals surface area contributed by atoms with Crippen molar-refractivity contribution in [2.75, 3.05) is 5.32 Å². The van der Waals surface area contributed by atoms with E-state index in [2.05, 4.69) is 10.6 Å². The molecule has 0 radical (unpaired) electrons. The summed E-state index contributed by atoms with van der Waals surface area (Å²) < 4.78 is 0. The molecule has 1 aromatic carbocycles. The number of benzene rings is 1. The van der Waals surface area contributed by atoms with E-state index in [1.165, 1.54) is 0 Å². The fourth-order valence-electron chi connectivity index (χ4n) is 1.90. The highest BCUT2D eigenvalue weighted by Gasteiger charge is 2.25. The molecule has 0 spiro atoms. The molecule has 0 saturated heterocycles. The molecule has 0 aliphatic carbocycles. The lowest BCUT2D eigenvalue weighted by atomic mass is 9.99. The van der Waals surface area contributed by atoms with E-state index in [1.807, 2.05) is 13.0 Å². The van der Waals surface area contributed by atoms with Gasteiger partial charge in [-0.2, -0.15) is 5.26 Å². The lowest BCUT2D eigenvalue weighted by molar-refractivity contribution is -0.140. The van der Waals surface area contributed by atoms with E-state index in [9.17, 15) is 9.59 Å². The van der Waals surface area contributed by atoms with Gasteiger partial charge in [0.2, 0.25) is 0 Å². The molecule has 0 aliphatic rings. The van der Waals surface area contributed by atoms with Gasteiger partial charge < -0.3 is 15.7 Å². The number of carboxylic acids is 1. The Balaban J connectivity index is 2.85. The van der Waals surface area contributed by atoms with Crippen LogP contribution in [-0.2, 0) is 4.79 Å². The van der Waals surface area contributed by atoms with Crippen LogP contribution in [0.4, 0.5) is 10.5 Å². The van der Waals surface area contributed by atoms with Crippen molar-refractivity contribution >= 4 is 17.7 Å². The van der Waals surface area contributed by atoms with E-state index in [1.54, 1.807) is 32.0 Å². The highest BCUT2D eigenvalue weighted by Crippen LogP contribution is 2.18. The summed E-state index contributed by atoms with van der Waals surface area (Å²) in [5, 5.41) is 23.2. The molecular formula is C15H19N3O3. The fourth-order valence-corrected chi connectivity index (χ4v) is 1.90. The highest BCUT2D eigenvalue weighted by atomic mass is 16.4. The zero-order valence-electron chi connectivity index (χ0n) is 12.3. The van der Waals surface area contributed by atoms with Gasteiger partial charge in [-0.25, -0.2) is 9.59 Å². The predicted octanol–water partition coefficient (Wildman–Crippen LogP) is 2.49. The lowest BCUT2D eigenvalue weighted by Gasteiger charge is -2.20. The molecule has 0 saturated carbocycles. The van der Waals surface area contributed by atoms with Crippen LogP contribution in [0.15, 0.2) is 18.2 Å². The molecule has 1 rings (SSSR count). The molecule has 2 amide bonds. The summed E-state index contributed by atoms with van der Waals surface area (Å²) in [7, 11) is 0. The standard InChI is InChI=1S/C15H19N3O3/c1-4-9(2)13(14(19)20)18-15(21)17-12-7-5-6-10(3)11(12)8-16/h5-7,9,13H,4H2,1-3H3,(H,19,20)(H2,17,18,21)/t9?,13-/m0/s1. The number of carbonyl (C=O) groups is 2. The van der Waals surface area contributed by atoms with Gasteiger partial charge in [0.25, 0.3) is 0 Å². The average Bonchev–Trinajstić information content (AvgIpc) is 2.44. The highest BCUT2D eigenvalue weighted by molar-refractivity contribution is 5.93. The molecular weight excluding hydrogens is 270 g/mol. The number of amides is 2. The Morgan fingerprint density at radius 1 is 1.43 bits per heavy atom. The van der Waals surface area contributed by atoms with Gasteiger partial charge in [-0.1, -0.05) is 32.4 Å². The number of rotatable bonds is 5. The van der Waals surface area contributed by atoms with Crippen LogP contribution in [0.2, 0.25) is 0 Å². The lowest BCUT2D eigenvalue weighted by Crippen LogP contribution is -2.46. The Hall–Kier alpha value is -2.55. The van der Waals surface area contributed by atoms with Gasteiger partial charge in [-0.05, 0) is 24.5 Å². The first-order chi connectivity index (χ1) is 9.90. The predicted molar refractivity (Wildman–Crippen MR) is 78.9 cm³/mol. The molecule has 0 aromatic heterocycles. The van der Waals surface area contributed by atoms with E-state index >= 15 is 0 Å². The second-order valence-corrected chi connectivity index (χ2v) is 4.91. The molecule has 0 aliphatic heterocycles. The Morgan fingerprint density at radius 2 is 2.10 bits per heavy atom. The summed E-state index contributed by atoms with van der Waals surface area (Å²) in [5.74, 6) is -1.27. The Kier molecular flexibility index (Phi) is 5.73. The summed E-state index contributed by atoms with van der Waals surface area (Å²) in [5.41, 5.74) is 1.47. The Labute approximate surface area is 123 Å². The molecule has 112 valence electrons. The van der Waals surface area contributed by atoms with Crippen molar-refractivity contribution in [1.29, 1.82) is 5.26 Å². The number of nitriles is 1. The van der Waals surface area contributed by atoms with Crippen molar-refractivity contribution in [1.82, 2.24) is 5.32 Å². The maximum atomic E-state index is 11.9. The van der Waals surface area contributed by atoms with E-state index in [4.69, 9.17) is 10.4 Å². The SMILES string of the molecule is CCC(C)[C@H](NC(=O)Nc1cccc(C)c1C#N)C(=O)O. The maximum Gasteiger partial charge on any atom is 0.326 e. The number of anilines is 1. The monoisotopic (exact) mass is 289 g/mol. The van der Waals surface area contributed by atoms with Crippen LogP contribution in [-0.4, -0.2) is 23.1 Å². The summed E-state index contributed by atoms with van der Waals surface area (Å²) >= 11 is 0. The summed E-state index contributed by atoms with van der Waals surface area (Å²) in [4.78, 5) is 23.1. The number of nitrogens with zero attached hydrogens (tertiary/aromatic N) is 1. The van der Waals surface area contributed by atoms with Crippen molar-refractivity contribution in [2.24, 2.45) is 5.92 Å². The van der Waals surface area contributed by atoms with Crippen LogP contribution in [0, 0.1) is 24.2 Å². The first kappa shape index (κ1) is 16.5. The van der Waals surface area contributed by atoms with Gasteiger partial charge in [0, 0.05) is 0 Å². The Morgan fingerprint density at radius 3 is 2.62 bits per heavy atom. The average molecular weight is 289 g/mol. The van der Waals surface area contributed by atoms with Crippen molar-refractivity contribution in [3.63, 3.8) is 0 Å². The van der Waals surface area contributed by atoms with Crippen molar-refractivity contribution in [2.45, 2.75) is 33.2 Å². The van der Waals surface area contributed by atoms with Crippen molar-refractivity contribution in [3.05, 3.63) is 29.3 Å². The summed E-state index contributed by atoms with van der Waals surface area (Å²) in [6.07, 6.45) is 0.630. The first-order valence-electron chi connectivity index (χ1n) is 6.70. The number of hydrogen-bond donors (Lipinski definition) is 3. The minimum Gasteiger partial charge on any atom is -0.480 e. The Bertz CT molecular complexity index is 578. The van der Waals surface area contributed by atoms with E-state index in [-0.39, 0.29) is 5.92 Å². The number of hydrogen-bond acceptors (Lipinski definition) is 3. The van der Waals surface area contributed by atoms with E-state index < -0.39 is 18.0 Å². The maximum absolute atomic E-state index is 11.9. The molecule has 6 nitrogen and oxygen atoms in total. The van der Waals surface area contributed by atoms with Gasteiger partial charge in [-0.3, -0.25) is 0 Å². The van der Waals surface area contributed by atoms with Crippen molar-refractivity contribution < 1.29 is 14.7 Å². The van der Waals surface area contributed by atoms with Gasteiger partial charge >= 0.3 is 12.0 Å². The molecule has 21 heavy (non-hydrogen) atoms. The third-order valence-electron chi connectivity index (χ3n) is 3.40. The van der Waals surface area contributed by atoms with Crippen molar-refractivity contribution in [3.8, 4) is 6.07 Å². The number of carboxylic acid groups (broad SMARTS) is 1. The number of aryl methyl sites for hydroxylation is 1. The number of carbonyl (C=O) groups excluding carboxylic acids is 1. The quantitative estimate of drug-likeness (QED) is 0.774. The molecule has 1 aromatic rings. The van der Waals surface area contributed by atoms with Crippen LogP contribution >= 0.6 is 0 Å². The second-order valence-electron chi connectivity index (χ2n) is 4.91.